The Morgan fingerprint density at radius 1 is 0.686 bits per heavy atom. The van der Waals surface area contributed by atoms with Gasteiger partial charge in [0.1, 0.15) is 5.84 Å². The number of nitrogens with two attached hydrogens (primary N) is 1. The zero-order valence-corrected chi connectivity index (χ0v) is 35.4. The number of unbranched alkanes of at least 4 members (excludes halogenated alkanes) is 2. The first-order valence-corrected chi connectivity index (χ1v) is 27.2. The molecule has 0 spiro atoms. The van der Waals surface area contributed by atoms with Crippen LogP contribution < -0.4 is 16.4 Å². The fourth-order valence-electron chi connectivity index (χ4n) is 4.93. The molecular formula is C36H60N6O6Si3. The topological polar surface area (TPSA) is 158 Å². The molecule has 0 heterocycles. The van der Waals surface area contributed by atoms with Gasteiger partial charge in [0.05, 0.1) is 24.3 Å². The van der Waals surface area contributed by atoms with Gasteiger partial charge >= 0.3 is 20.5 Å². The molecule has 51 heavy (non-hydrogen) atoms. The highest BCUT2D eigenvalue weighted by Crippen LogP contribution is 2.25. The molecule has 0 saturated heterocycles. The molecule has 282 valence electrons. The van der Waals surface area contributed by atoms with E-state index in [0.717, 1.165) is 43.8 Å². The Bertz CT molecular complexity index is 1390. The number of nitrogens with zero attached hydrogens (tertiary/aromatic N) is 3. The van der Waals surface area contributed by atoms with Gasteiger partial charge in [-0.15, -0.1) is 0 Å². The van der Waals surface area contributed by atoms with Crippen LogP contribution in [-0.4, -0.2) is 74.6 Å². The average Bonchev–Trinajstić information content (AvgIpc) is 3.02. The number of amidine groups is 1. The minimum absolute atomic E-state index is 0.0813. The largest absolute Gasteiger partial charge is 0.462 e. The molecule has 12 nitrogen and oxygen atoms in total. The third-order valence-corrected chi connectivity index (χ3v) is 16.5. The van der Waals surface area contributed by atoms with E-state index >= 15 is 0 Å². The van der Waals surface area contributed by atoms with Crippen LogP contribution in [0.25, 0.3) is 0 Å². The van der Waals surface area contributed by atoms with Gasteiger partial charge in [-0.3, -0.25) is 0 Å². The van der Waals surface area contributed by atoms with Crippen molar-refractivity contribution in [2.45, 2.75) is 105 Å². The Morgan fingerprint density at radius 3 is 1.57 bits per heavy atom. The standard InChI is InChI=1S/C36H60N6O6Si3/c1-11-13-25-45-33(43)29-16-20-31(21-17-29)39-28(3)40-36(38-24-15-27-51(10,47-49(4,5)6)48-50(7,8)9)42-35(37)41-32-22-18-30(19-23-32)34(44)46-26-14-12-2/h16-23H,11-15,24-27H2,1-10H3,(H4,37,38,39,40,41,42). The number of hydrogen-bond donors (Lipinski definition) is 3. The van der Waals surface area contributed by atoms with Crippen LogP contribution >= 0.6 is 0 Å². The summed E-state index contributed by atoms with van der Waals surface area (Å²) in [7, 11) is -6.10. The molecule has 0 aromatic heterocycles. The number of aliphatic imine (C=N–C) groups is 3. The molecule has 2 aromatic carbocycles. The minimum Gasteiger partial charge on any atom is -0.462 e. The average molecular weight is 757 g/mol. The van der Waals surface area contributed by atoms with Crippen molar-refractivity contribution in [3.05, 3.63) is 59.7 Å². The first kappa shape index (κ1) is 43.5. The van der Waals surface area contributed by atoms with E-state index in [9.17, 15) is 9.59 Å². The molecular weight excluding hydrogens is 697 g/mol. The number of ether oxygens (including phenoxy) is 2. The first-order chi connectivity index (χ1) is 23.9. The van der Waals surface area contributed by atoms with Gasteiger partial charge in [0.25, 0.3) is 0 Å². The molecule has 0 aliphatic carbocycles. The molecule has 0 amide bonds. The van der Waals surface area contributed by atoms with E-state index in [1.807, 2.05) is 13.8 Å². The number of esters is 2. The summed E-state index contributed by atoms with van der Waals surface area (Å²) in [5.41, 5.74) is 8.63. The van der Waals surface area contributed by atoms with Crippen LogP contribution in [0.4, 0.5) is 11.4 Å². The minimum atomic E-state index is -2.44. The summed E-state index contributed by atoms with van der Waals surface area (Å²) >= 11 is 0. The maximum atomic E-state index is 12.3. The van der Waals surface area contributed by atoms with Crippen LogP contribution in [0, 0.1) is 0 Å². The Labute approximate surface area is 308 Å². The number of carbonyl (C=O) groups excluding carboxylic acids is 2. The lowest BCUT2D eigenvalue weighted by Gasteiger charge is -2.38. The normalized spacial score (nSPS) is 13.2. The zero-order valence-electron chi connectivity index (χ0n) is 32.4. The molecule has 4 N–H and O–H groups in total. The van der Waals surface area contributed by atoms with Crippen molar-refractivity contribution in [1.82, 2.24) is 0 Å². The molecule has 0 aliphatic rings. The van der Waals surface area contributed by atoms with E-state index in [0.29, 0.717) is 42.4 Å². The van der Waals surface area contributed by atoms with Crippen molar-refractivity contribution in [1.29, 1.82) is 0 Å². The quantitative estimate of drug-likeness (QED) is 0.0447. The number of nitrogens with one attached hydrogen (secondary N) is 2. The molecule has 2 aromatic rings. The summed E-state index contributed by atoms with van der Waals surface area (Å²) in [6.07, 6.45) is 4.29. The zero-order chi connectivity index (χ0) is 38.1. The van der Waals surface area contributed by atoms with E-state index in [1.54, 1.807) is 55.5 Å². The second kappa shape index (κ2) is 21.0. The van der Waals surface area contributed by atoms with Crippen molar-refractivity contribution in [2.75, 3.05) is 30.4 Å². The van der Waals surface area contributed by atoms with Gasteiger partial charge in [0.15, 0.2) is 16.6 Å². The van der Waals surface area contributed by atoms with Crippen LogP contribution in [0.15, 0.2) is 63.5 Å². The lowest BCUT2D eigenvalue weighted by atomic mass is 10.2. The molecule has 0 atom stereocenters. The number of guanidine groups is 2. The smallest absolute Gasteiger partial charge is 0.338 e. The van der Waals surface area contributed by atoms with Crippen molar-refractivity contribution >= 4 is 66.3 Å². The van der Waals surface area contributed by atoms with E-state index in [1.165, 1.54) is 0 Å². The summed E-state index contributed by atoms with van der Waals surface area (Å²) < 4.78 is 23.9. The molecule has 0 unspecified atom stereocenters. The van der Waals surface area contributed by atoms with Gasteiger partial charge in [0.2, 0.25) is 11.9 Å². The fraction of sp³-hybridized carbons (Fsp3) is 0.528. The predicted molar refractivity (Wildman–Crippen MR) is 217 cm³/mol. The number of anilines is 2. The first-order valence-electron chi connectivity index (χ1n) is 17.8. The Morgan fingerprint density at radius 2 is 1.14 bits per heavy atom. The van der Waals surface area contributed by atoms with Crippen LogP contribution in [0.3, 0.4) is 0 Å². The second-order valence-electron chi connectivity index (χ2n) is 14.4. The van der Waals surface area contributed by atoms with Crippen LogP contribution in [0.2, 0.25) is 51.9 Å². The Balaban J connectivity index is 2.26. The van der Waals surface area contributed by atoms with Gasteiger partial charge in [-0.2, -0.15) is 9.98 Å². The number of benzene rings is 2. The second-order valence-corrected chi connectivity index (χ2v) is 27.3. The molecule has 0 aliphatic heterocycles. The van der Waals surface area contributed by atoms with Crippen molar-refractivity contribution in [3.8, 4) is 0 Å². The van der Waals surface area contributed by atoms with Crippen LogP contribution in [-0.2, 0) is 17.7 Å². The maximum Gasteiger partial charge on any atom is 0.338 e. The van der Waals surface area contributed by atoms with Crippen molar-refractivity contribution < 1.29 is 27.3 Å². The van der Waals surface area contributed by atoms with E-state index < -0.39 is 25.2 Å². The third kappa shape index (κ3) is 18.4. The van der Waals surface area contributed by atoms with Gasteiger partial charge in [-0.1, -0.05) is 26.7 Å². The Hall–Kier alpha value is -3.64. The molecule has 0 fully saturated rings. The molecule has 2 rings (SSSR count). The Kier molecular flexibility index (Phi) is 17.9. The number of hydrogen-bond acceptors (Lipinski definition) is 7. The SMILES string of the molecule is CCCCOC(=O)c1ccc(NC(C)=NC(=NCCC[Si](C)(O[Si](C)(C)C)O[Si](C)(C)C)N=C(N)Nc2ccc(C(=O)OCCCC)cc2)cc1. The van der Waals surface area contributed by atoms with Gasteiger partial charge in [-0.05, 0) is 127 Å². The van der Waals surface area contributed by atoms with Crippen molar-refractivity contribution in [2.24, 2.45) is 20.7 Å². The van der Waals surface area contributed by atoms with E-state index in [4.69, 9.17) is 28.4 Å². The molecule has 0 saturated carbocycles. The highest BCUT2D eigenvalue weighted by Gasteiger charge is 2.39. The summed E-state index contributed by atoms with van der Waals surface area (Å²) in [4.78, 5) is 38.5. The summed E-state index contributed by atoms with van der Waals surface area (Å²) in [5, 5.41) is 6.29. The molecule has 15 heteroatoms. The number of carbonyl (C=O) groups is 2. The van der Waals surface area contributed by atoms with E-state index in [2.05, 4.69) is 66.4 Å². The lowest BCUT2D eigenvalue weighted by Crippen LogP contribution is -2.52. The molecule has 0 bridgehead atoms. The highest BCUT2D eigenvalue weighted by molar-refractivity contribution is 6.87. The molecule has 0 radical (unpaired) electrons. The van der Waals surface area contributed by atoms with Crippen molar-refractivity contribution in [3.63, 3.8) is 0 Å². The monoisotopic (exact) mass is 756 g/mol. The van der Waals surface area contributed by atoms with Gasteiger partial charge in [-0.25, -0.2) is 14.6 Å². The lowest BCUT2D eigenvalue weighted by molar-refractivity contribution is 0.0490. The number of rotatable bonds is 18. The summed E-state index contributed by atoms with van der Waals surface area (Å²) in [5.74, 6) is 0.0708. The highest BCUT2D eigenvalue weighted by atomic mass is 28.5. The maximum absolute atomic E-state index is 12.3. The van der Waals surface area contributed by atoms with E-state index in [-0.39, 0.29) is 23.9 Å². The predicted octanol–water partition coefficient (Wildman–Crippen LogP) is 8.38. The van der Waals surface area contributed by atoms with Gasteiger partial charge in [0, 0.05) is 17.9 Å². The summed E-state index contributed by atoms with van der Waals surface area (Å²) in [6, 6.07) is 14.6. The third-order valence-electron chi connectivity index (χ3n) is 6.88. The van der Waals surface area contributed by atoms with Gasteiger partial charge < -0.3 is 34.1 Å². The summed E-state index contributed by atoms with van der Waals surface area (Å²) in [6.45, 7) is 22.4. The van der Waals surface area contributed by atoms with Crippen LogP contribution in [0.1, 0.15) is 73.6 Å². The fourth-order valence-corrected chi connectivity index (χ4v) is 17.4. The van der Waals surface area contributed by atoms with Crippen LogP contribution in [0.5, 0.6) is 0 Å².